The molecule has 14 heavy (non-hydrogen) atoms. The van der Waals surface area contributed by atoms with Crippen LogP contribution in [0.4, 0.5) is 0 Å². The molecule has 0 atom stereocenters. The first kappa shape index (κ1) is 9.71. The highest BCUT2D eigenvalue weighted by Crippen LogP contribution is 2.12. The maximum Gasteiger partial charge on any atom is 0.0534 e. The van der Waals surface area contributed by atoms with E-state index in [-0.39, 0.29) is 0 Å². The Balaban J connectivity index is 1.89. The highest BCUT2D eigenvalue weighted by Gasteiger charge is 2.09. The molecule has 78 valence electrons. The molecule has 1 aromatic rings. The lowest BCUT2D eigenvalue weighted by Gasteiger charge is -2.18. The average Bonchev–Trinajstić information content (AvgIpc) is 2.43. The van der Waals surface area contributed by atoms with Crippen molar-refractivity contribution in [2.45, 2.75) is 32.2 Å². The normalized spacial score (nSPS) is 19.5. The monoisotopic (exact) mass is 193 g/mol. The molecule has 2 rings (SSSR count). The van der Waals surface area contributed by atoms with Crippen LogP contribution < -0.4 is 0 Å². The minimum absolute atomic E-state index is 1.08. The molecule has 2 heterocycles. The van der Waals surface area contributed by atoms with Gasteiger partial charge in [-0.1, -0.05) is 12.8 Å². The summed E-state index contributed by atoms with van der Waals surface area (Å²) in [5, 5.41) is 4.20. The smallest absolute Gasteiger partial charge is 0.0534 e. The van der Waals surface area contributed by atoms with Gasteiger partial charge in [0.15, 0.2) is 0 Å². The van der Waals surface area contributed by atoms with E-state index in [4.69, 9.17) is 0 Å². The fourth-order valence-corrected chi connectivity index (χ4v) is 2.11. The van der Waals surface area contributed by atoms with Gasteiger partial charge in [0, 0.05) is 25.4 Å². The van der Waals surface area contributed by atoms with Gasteiger partial charge in [0.05, 0.1) is 6.20 Å². The summed E-state index contributed by atoms with van der Waals surface area (Å²) in [6.07, 6.45) is 9.63. The van der Waals surface area contributed by atoms with E-state index < -0.39 is 0 Å². The van der Waals surface area contributed by atoms with E-state index in [2.05, 4.69) is 16.2 Å². The number of hydrogen-bond donors (Lipinski definition) is 0. The summed E-state index contributed by atoms with van der Waals surface area (Å²) in [5.41, 5.74) is 1.34. The van der Waals surface area contributed by atoms with Crippen molar-refractivity contribution in [3.05, 3.63) is 18.0 Å². The number of nitrogens with zero attached hydrogens (tertiary/aromatic N) is 3. The molecular weight excluding hydrogens is 174 g/mol. The van der Waals surface area contributed by atoms with Crippen LogP contribution >= 0.6 is 0 Å². The minimum Gasteiger partial charge on any atom is -0.299 e. The molecule has 1 aromatic heterocycles. The number of hydrogen-bond acceptors (Lipinski definition) is 2. The minimum atomic E-state index is 1.08. The van der Waals surface area contributed by atoms with E-state index in [0.29, 0.717) is 0 Å². The summed E-state index contributed by atoms with van der Waals surface area (Å²) >= 11 is 0. The van der Waals surface area contributed by atoms with Crippen LogP contribution in [0.2, 0.25) is 0 Å². The van der Waals surface area contributed by atoms with E-state index in [1.807, 2.05) is 17.9 Å². The van der Waals surface area contributed by atoms with Gasteiger partial charge in [-0.15, -0.1) is 0 Å². The lowest BCUT2D eigenvalue weighted by atomic mass is 10.2. The predicted octanol–water partition coefficient (Wildman–Crippen LogP) is 1.80. The van der Waals surface area contributed by atoms with Crippen LogP contribution in [-0.4, -0.2) is 27.8 Å². The topological polar surface area (TPSA) is 21.1 Å². The lowest BCUT2D eigenvalue weighted by Crippen LogP contribution is -2.23. The summed E-state index contributed by atoms with van der Waals surface area (Å²) < 4.78 is 1.88. The van der Waals surface area contributed by atoms with Gasteiger partial charge in [-0.3, -0.25) is 9.58 Å². The molecule has 0 bridgehead atoms. The van der Waals surface area contributed by atoms with E-state index in [1.54, 1.807) is 0 Å². The largest absolute Gasteiger partial charge is 0.299 e. The molecular formula is C11H19N3. The van der Waals surface area contributed by atoms with E-state index >= 15 is 0 Å². The number of aryl methyl sites for hydroxylation is 1. The van der Waals surface area contributed by atoms with Crippen molar-refractivity contribution in [2.24, 2.45) is 7.05 Å². The SMILES string of the molecule is Cn1cc(CN2CCCCCC2)cn1. The molecule has 3 heteroatoms. The fourth-order valence-electron chi connectivity index (χ4n) is 2.11. The molecule has 0 radical (unpaired) electrons. The molecule has 0 unspecified atom stereocenters. The average molecular weight is 193 g/mol. The summed E-state index contributed by atoms with van der Waals surface area (Å²) in [4.78, 5) is 2.55. The fraction of sp³-hybridized carbons (Fsp3) is 0.727. The van der Waals surface area contributed by atoms with Crippen molar-refractivity contribution in [1.82, 2.24) is 14.7 Å². The van der Waals surface area contributed by atoms with Crippen molar-refractivity contribution < 1.29 is 0 Å². The summed E-state index contributed by atoms with van der Waals surface area (Å²) in [6.45, 7) is 3.59. The molecule has 0 spiro atoms. The Morgan fingerprint density at radius 1 is 1.21 bits per heavy atom. The van der Waals surface area contributed by atoms with Crippen molar-refractivity contribution in [3.63, 3.8) is 0 Å². The summed E-state index contributed by atoms with van der Waals surface area (Å²) in [6, 6.07) is 0. The van der Waals surface area contributed by atoms with Crippen molar-refractivity contribution >= 4 is 0 Å². The van der Waals surface area contributed by atoms with Gasteiger partial charge in [0.25, 0.3) is 0 Å². The molecule has 1 aliphatic rings. The first-order chi connectivity index (χ1) is 6.84. The molecule has 3 nitrogen and oxygen atoms in total. The van der Waals surface area contributed by atoms with Crippen LogP contribution in [0.5, 0.6) is 0 Å². The van der Waals surface area contributed by atoms with Gasteiger partial charge in [-0.25, -0.2) is 0 Å². The third-order valence-electron chi connectivity index (χ3n) is 2.86. The van der Waals surface area contributed by atoms with Gasteiger partial charge in [0.2, 0.25) is 0 Å². The molecule has 0 N–H and O–H groups in total. The molecule has 1 saturated heterocycles. The van der Waals surface area contributed by atoms with Crippen molar-refractivity contribution in [1.29, 1.82) is 0 Å². The zero-order chi connectivity index (χ0) is 9.80. The number of likely N-dealkylation sites (tertiary alicyclic amines) is 1. The van der Waals surface area contributed by atoms with Gasteiger partial charge < -0.3 is 0 Å². The quantitative estimate of drug-likeness (QED) is 0.714. The third kappa shape index (κ3) is 2.58. The van der Waals surface area contributed by atoms with Crippen LogP contribution in [0.15, 0.2) is 12.4 Å². The first-order valence-electron chi connectivity index (χ1n) is 5.54. The summed E-state index contributed by atoms with van der Waals surface area (Å²) in [7, 11) is 1.98. The second-order valence-corrected chi connectivity index (χ2v) is 4.21. The predicted molar refractivity (Wildman–Crippen MR) is 57.0 cm³/mol. The Morgan fingerprint density at radius 3 is 2.50 bits per heavy atom. The van der Waals surface area contributed by atoms with Crippen LogP contribution in [0.3, 0.4) is 0 Å². The Labute approximate surface area is 85.7 Å². The Bertz CT molecular complexity index is 272. The Hall–Kier alpha value is -0.830. The number of aromatic nitrogens is 2. The lowest BCUT2D eigenvalue weighted by molar-refractivity contribution is 0.277. The van der Waals surface area contributed by atoms with Gasteiger partial charge in [-0.2, -0.15) is 5.10 Å². The molecule has 0 aliphatic carbocycles. The molecule has 0 saturated carbocycles. The standard InChI is InChI=1S/C11H19N3/c1-13-9-11(8-12-13)10-14-6-4-2-3-5-7-14/h8-9H,2-7,10H2,1H3. The van der Waals surface area contributed by atoms with Crippen LogP contribution in [-0.2, 0) is 13.6 Å². The van der Waals surface area contributed by atoms with Crippen molar-refractivity contribution in [2.75, 3.05) is 13.1 Å². The number of rotatable bonds is 2. The zero-order valence-electron chi connectivity index (χ0n) is 8.95. The molecule has 0 aromatic carbocycles. The van der Waals surface area contributed by atoms with Gasteiger partial charge in [-0.05, 0) is 25.9 Å². The van der Waals surface area contributed by atoms with Gasteiger partial charge in [0.1, 0.15) is 0 Å². The first-order valence-corrected chi connectivity index (χ1v) is 5.54. The Kier molecular flexibility index (Phi) is 3.19. The molecule has 1 fully saturated rings. The van der Waals surface area contributed by atoms with Crippen LogP contribution in [0, 0.1) is 0 Å². The zero-order valence-corrected chi connectivity index (χ0v) is 8.95. The maximum absolute atomic E-state index is 4.20. The molecule has 0 amide bonds. The highest BCUT2D eigenvalue weighted by atomic mass is 15.2. The maximum atomic E-state index is 4.20. The van der Waals surface area contributed by atoms with E-state index in [1.165, 1.54) is 44.3 Å². The van der Waals surface area contributed by atoms with E-state index in [9.17, 15) is 0 Å². The molecule has 1 aliphatic heterocycles. The third-order valence-corrected chi connectivity index (χ3v) is 2.86. The second-order valence-electron chi connectivity index (χ2n) is 4.21. The summed E-state index contributed by atoms with van der Waals surface area (Å²) in [5.74, 6) is 0. The second kappa shape index (κ2) is 4.60. The van der Waals surface area contributed by atoms with Crippen molar-refractivity contribution in [3.8, 4) is 0 Å². The van der Waals surface area contributed by atoms with Gasteiger partial charge >= 0.3 is 0 Å². The van der Waals surface area contributed by atoms with Crippen LogP contribution in [0.1, 0.15) is 31.2 Å². The highest BCUT2D eigenvalue weighted by molar-refractivity contribution is 5.03. The Morgan fingerprint density at radius 2 is 1.93 bits per heavy atom. The van der Waals surface area contributed by atoms with E-state index in [0.717, 1.165) is 6.54 Å². The van der Waals surface area contributed by atoms with Crippen LogP contribution in [0.25, 0.3) is 0 Å².